The highest BCUT2D eigenvalue weighted by molar-refractivity contribution is 5.98. The van der Waals surface area contributed by atoms with Gasteiger partial charge in [0.1, 0.15) is 11.6 Å². The minimum Gasteiger partial charge on any atom is -0.482 e. The van der Waals surface area contributed by atoms with Crippen LogP contribution in [0, 0.1) is 5.82 Å². The minimum absolute atomic E-state index is 0.0249. The third-order valence-corrected chi connectivity index (χ3v) is 4.46. The van der Waals surface area contributed by atoms with Gasteiger partial charge < -0.3 is 19.9 Å². The molecule has 3 rings (SSSR count). The average Bonchev–Trinajstić information content (AvgIpc) is 2.67. The van der Waals surface area contributed by atoms with Crippen molar-refractivity contribution in [2.24, 2.45) is 0 Å². The normalized spacial score (nSPS) is 13.3. The van der Waals surface area contributed by atoms with Gasteiger partial charge in [-0.15, -0.1) is 0 Å². The quantitative estimate of drug-likeness (QED) is 0.795. The van der Waals surface area contributed by atoms with Crippen LogP contribution in [0.4, 0.5) is 10.1 Å². The van der Waals surface area contributed by atoms with Crippen LogP contribution in [0.25, 0.3) is 0 Å². The molecule has 1 N–H and O–H groups in total. The summed E-state index contributed by atoms with van der Waals surface area (Å²) in [5.41, 5.74) is 2.10. The number of nitrogens with zero attached hydrogens (tertiary/aromatic N) is 2. The Balaban J connectivity index is 1.55. The SMILES string of the molecule is CN(C)Cc1cc(CNC(=O)CCN2C(=O)COc3ccccc32)ccc1F. The number of benzene rings is 2. The van der Waals surface area contributed by atoms with Gasteiger partial charge in [0.2, 0.25) is 5.91 Å². The van der Waals surface area contributed by atoms with Crippen LogP contribution in [0.3, 0.4) is 0 Å². The molecule has 0 aliphatic carbocycles. The van der Waals surface area contributed by atoms with Gasteiger partial charge in [-0.3, -0.25) is 9.59 Å². The van der Waals surface area contributed by atoms with Crippen LogP contribution in [0.15, 0.2) is 42.5 Å². The van der Waals surface area contributed by atoms with E-state index in [1.165, 1.54) is 6.07 Å². The van der Waals surface area contributed by atoms with E-state index in [-0.39, 0.29) is 37.2 Å². The molecule has 6 nitrogen and oxygen atoms in total. The van der Waals surface area contributed by atoms with Crippen molar-refractivity contribution in [3.05, 3.63) is 59.4 Å². The number of rotatable bonds is 7. The first kappa shape index (κ1) is 19.8. The average molecular weight is 385 g/mol. The van der Waals surface area contributed by atoms with Crippen molar-refractivity contribution < 1.29 is 18.7 Å². The van der Waals surface area contributed by atoms with Crippen molar-refractivity contribution in [3.8, 4) is 5.75 Å². The van der Waals surface area contributed by atoms with E-state index in [4.69, 9.17) is 4.74 Å². The van der Waals surface area contributed by atoms with Crippen molar-refractivity contribution in [1.29, 1.82) is 0 Å². The number of halogens is 1. The van der Waals surface area contributed by atoms with Crippen molar-refractivity contribution in [2.75, 3.05) is 32.1 Å². The third-order valence-electron chi connectivity index (χ3n) is 4.46. The fraction of sp³-hybridized carbons (Fsp3) is 0.333. The van der Waals surface area contributed by atoms with Crippen molar-refractivity contribution in [2.45, 2.75) is 19.5 Å². The molecule has 0 bridgehead atoms. The van der Waals surface area contributed by atoms with Crippen LogP contribution in [0.1, 0.15) is 17.5 Å². The summed E-state index contributed by atoms with van der Waals surface area (Å²) < 4.78 is 19.3. The lowest BCUT2D eigenvalue weighted by atomic mass is 10.1. The molecule has 1 aliphatic rings. The zero-order valence-corrected chi connectivity index (χ0v) is 16.1. The molecule has 0 atom stereocenters. The van der Waals surface area contributed by atoms with Gasteiger partial charge in [-0.25, -0.2) is 4.39 Å². The molecule has 2 amide bonds. The fourth-order valence-electron chi connectivity index (χ4n) is 3.10. The van der Waals surface area contributed by atoms with Gasteiger partial charge in [-0.2, -0.15) is 0 Å². The second kappa shape index (κ2) is 8.84. The third kappa shape index (κ3) is 4.86. The summed E-state index contributed by atoms with van der Waals surface area (Å²) in [7, 11) is 3.75. The lowest BCUT2D eigenvalue weighted by molar-refractivity contribution is -0.122. The predicted octanol–water partition coefficient (Wildman–Crippen LogP) is 2.32. The largest absolute Gasteiger partial charge is 0.482 e. The van der Waals surface area contributed by atoms with Gasteiger partial charge in [0, 0.05) is 31.6 Å². The molecular formula is C21H24FN3O3. The molecule has 0 unspecified atom stereocenters. The number of anilines is 1. The first-order valence-corrected chi connectivity index (χ1v) is 9.15. The van der Waals surface area contributed by atoms with E-state index >= 15 is 0 Å². The Kier molecular flexibility index (Phi) is 6.26. The number of para-hydroxylation sites is 2. The zero-order valence-electron chi connectivity index (χ0n) is 16.1. The molecule has 2 aromatic rings. The molecule has 0 saturated carbocycles. The van der Waals surface area contributed by atoms with Gasteiger partial charge in [0.05, 0.1) is 5.69 Å². The monoisotopic (exact) mass is 385 g/mol. The first-order chi connectivity index (χ1) is 13.4. The molecule has 28 heavy (non-hydrogen) atoms. The Labute approximate surface area is 163 Å². The van der Waals surface area contributed by atoms with Crippen molar-refractivity contribution in [1.82, 2.24) is 10.2 Å². The van der Waals surface area contributed by atoms with E-state index in [1.54, 1.807) is 29.2 Å². The summed E-state index contributed by atoms with van der Waals surface area (Å²) in [6.07, 6.45) is 0.172. The van der Waals surface area contributed by atoms with Gasteiger partial charge in [0.15, 0.2) is 6.61 Å². The molecule has 0 fully saturated rings. The molecule has 0 radical (unpaired) electrons. The van der Waals surface area contributed by atoms with Crippen LogP contribution in [0.5, 0.6) is 5.75 Å². The summed E-state index contributed by atoms with van der Waals surface area (Å²) in [5, 5.41) is 2.83. The van der Waals surface area contributed by atoms with Crippen LogP contribution in [-0.4, -0.2) is 44.0 Å². The zero-order chi connectivity index (χ0) is 20.1. The Morgan fingerprint density at radius 1 is 1.25 bits per heavy atom. The molecule has 2 aromatic carbocycles. The molecule has 148 valence electrons. The topological polar surface area (TPSA) is 61.9 Å². The maximum atomic E-state index is 13.9. The predicted molar refractivity (Wildman–Crippen MR) is 105 cm³/mol. The molecule has 1 heterocycles. The van der Waals surface area contributed by atoms with E-state index in [9.17, 15) is 14.0 Å². The van der Waals surface area contributed by atoms with Crippen molar-refractivity contribution >= 4 is 17.5 Å². The maximum Gasteiger partial charge on any atom is 0.265 e. The van der Waals surface area contributed by atoms with Crippen molar-refractivity contribution in [3.63, 3.8) is 0 Å². The number of hydrogen-bond donors (Lipinski definition) is 1. The van der Waals surface area contributed by atoms with E-state index in [2.05, 4.69) is 5.32 Å². The summed E-state index contributed by atoms with van der Waals surface area (Å²) in [6, 6.07) is 12.1. The summed E-state index contributed by atoms with van der Waals surface area (Å²) >= 11 is 0. The number of nitrogens with one attached hydrogen (secondary N) is 1. The molecule has 0 saturated heterocycles. The number of carbonyl (C=O) groups excluding carboxylic acids is 2. The molecule has 1 aliphatic heterocycles. The number of ether oxygens (including phenoxy) is 1. The Hall–Kier alpha value is -2.93. The van der Waals surface area contributed by atoms with Gasteiger partial charge >= 0.3 is 0 Å². The molecular weight excluding hydrogens is 361 g/mol. The van der Waals surface area contributed by atoms with E-state index in [0.717, 1.165) is 5.56 Å². The summed E-state index contributed by atoms with van der Waals surface area (Å²) in [4.78, 5) is 27.8. The van der Waals surface area contributed by atoms with Crippen LogP contribution >= 0.6 is 0 Å². The standard InChI is InChI=1S/C21H24FN3O3/c1-24(2)13-16-11-15(7-8-17(16)22)12-23-20(26)9-10-25-18-5-3-4-6-19(18)28-14-21(25)27/h3-8,11H,9-10,12-14H2,1-2H3,(H,23,26). The highest BCUT2D eigenvalue weighted by Crippen LogP contribution is 2.31. The summed E-state index contributed by atoms with van der Waals surface area (Å²) in [6.45, 7) is 1.06. The van der Waals surface area contributed by atoms with Gasteiger partial charge in [0.25, 0.3) is 5.91 Å². The smallest absolute Gasteiger partial charge is 0.265 e. The summed E-state index contributed by atoms with van der Waals surface area (Å²) in [5.74, 6) is 0.0455. The highest BCUT2D eigenvalue weighted by atomic mass is 19.1. The van der Waals surface area contributed by atoms with Crippen LogP contribution in [0.2, 0.25) is 0 Å². The van der Waals surface area contributed by atoms with E-state index in [1.807, 2.05) is 31.1 Å². The maximum absolute atomic E-state index is 13.9. The first-order valence-electron chi connectivity index (χ1n) is 9.15. The second-order valence-corrected chi connectivity index (χ2v) is 6.99. The lowest BCUT2D eigenvalue weighted by Crippen LogP contribution is -2.41. The van der Waals surface area contributed by atoms with Gasteiger partial charge in [-0.1, -0.05) is 18.2 Å². The highest BCUT2D eigenvalue weighted by Gasteiger charge is 2.25. The minimum atomic E-state index is -0.256. The number of hydrogen-bond acceptors (Lipinski definition) is 4. The Morgan fingerprint density at radius 2 is 2.04 bits per heavy atom. The fourth-order valence-corrected chi connectivity index (χ4v) is 3.10. The Morgan fingerprint density at radius 3 is 2.82 bits per heavy atom. The van der Waals surface area contributed by atoms with Crippen LogP contribution in [-0.2, 0) is 22.7 Å². The molecule has 7 heteroatoms. The van der Waals surface area contributed by atoms with Crippen LogP contribution < -0.4 is 15.0 Å². The number of carbonyl (C=O) groups is 2. The second-order valence-electron chi connectivity index (χ2n) is 6.99. The Bertz CT molecular complexity index is 870. The van der Waals surface area contributed by atoms with Gasteiger partial charge in [-0.05, 0) is 43.9 Å². The van der Waals surface area contributed by atoms with E-state index in [0.29, 0.717) is 30.1 Å². The van der Waals surface area contributed by atoms with E-state index < -0.39 is 0 Å². The number of amides is 2. The molecule has 0 aromatic heterocycles. The lowest BCUT2D eigenvalue weighted by Gasteiger charge is -2.29. The number of fused-ring (bicyclic) bond motifs is 1. The molecule has 0 spiro atoms.